The van der Waals surface area contributed by atoms with E-state index in [2.05, 4.69) is 14.9 Å². The van der Waals surface area contributed by atoms with Gasteiger partial charge in [0.15, 0.2) is 0 Å². The molecule has 3 aliphatic rings. The fourth-order valence-corrected chi connectivity index (χ4v) is 6.96. The van der Waals surface area contributed by atoms with Crippen molar-refractivity contribution in [3.63, 3.8) is 0 Å². The fourth-order valence-electron chi connectivity index (χ4n) is 5.49. The van der Waals surface area contributed by atoms with E-state index in [1.54, 1.807) is 47.0 Å². The highest BCUT2D eigenvalue weighted by Gasteiger charge is 2.61. The second-order valence-electron chi connectivity index (χ2n) is 8.38. The Balaban J connectivity index is 1.37. The number of hydrogen-bond donors (Lipinski definition) is 0. The van der Waals surface area contributed by atoms with Gasteiger partial charge in [-0.2, -0.15) is 4.31 Å². The third-order valence-corrected chi connectivity index (χ3v) is 9.04. The molecule has 0 saturated carbocycles. The van der Waals surface area contributed by atoms with Gasteiger partial charge in [0.05, 0.1) is 16.4 Å². The van der Waals surface area contributed by atoms with Gasteiger partial charge in [-0.05, 0) is 31.0 Å². The highest BCUT2D eigenvalue weighted by atomic mass is 32.2. The van der Waals surface area contributed by atoms with Crippen molar-refractivity contribution < 1.29 is 13.2 Å². The first kappa shape index (κ1) is 19.4. The smallest absolute Gasteiger partial charge is 0.243 e. The molecular formula is C21H25N5O3S. The number of anilines is 1. The van der Waals surface area contributed by atoms with E-state index in [-0.39, 0.29) is 23.3 Å². The summed E-state index contributed by atoms with van der Waals surface area (Å²) >= 11 is 0. The number of hydrogen-bond acceptors (Lipinski definition) is 6. The van der Waals surface area contributed by atoms with Crippen LogP contribution >= 0.6 is 0 Å². The van der Waals surface area contributed by atoms with Crippen molar-refractivity contribution in [2.45, 2.75) is 23.3 Å². The first-order valence-corrected chi connectivity index (χ1v) is 11.7. The normalized spacial score (nSPS) is 26.4. The lowest BCUT2D eigenvalue weighted by Crippen LogP contribution is -2.56. The summed E-state index contributed by atoms with van der Waals surface area (Å²) in [5, 5.41) is 0. The van der Waals surface area contributed by atoms with Crippen molar-refractivity contribution in [2.24, 2.45) is 11.8 Å². The molecule has 30 heavy (non-hydrogen) atoms. The van der Waals surface area contributed by atoms with Crippen LogP contribution in [0, 0.1) is 11.8 Å². The van der Waals surface area contributed by atoms with Crippen molar-refractivity contribution in [2.75, 3.05) is 38.1 Å². The van der Waals surface area contributed by atoms with Crippen LogP contribution in [-0.4, -0.2) is 72.3 Å². The van der Waals surface area contributed by atoms with Crippen molar-refractivity contribution in [1.82, 2.24) is 19.2 Å². The quantitative estimate of drug-likeness (QED) is 0.732. The van der Waals surface area contributed by atoms with Crippen LogP contribution in [-0.2, 0) is 14.8 Å². The minimum atomic E-state index is -3.52. The Morgan fingerprint density at radius 3 is 2.33 bits per heavy atom. The summed E-state index contributed by atoms with van der Waals surface area (Å²) in [7, 11) is -1.64. The number of carbonyl (C=O) groups excluding carboxylic acids is 1. The molecule has 3 saturated heterocycles. The summed E-state index contributed by atoms with van der Waals surface area (Å²) in [6, 6.07) is 10.3. The second kappa shape index (κ2) is 7.02. The van der Waals surface area contributed by atoms with Crippen molar-refractivity contribution in [3.8, 4) is 0 Å². The predicted octanol–water partition coefficient (Wildman–Crippen LogP) is 1.22. The third-order valence-electron chi connectivity index (χ3n) is 7.13. The average Bonchev–Trinajstić information content (AvgIpc) is 3.31. The maximum absolute atomic E-state index is 13.1. The van der Waals surface area contributed by atoms with Gasteiger partial charge in [-0.3, -0.25) is 4.79 Å². The Morgan fingerprint density at radius 2 is 1.67 bits per heavy atom. The molecule has 158 valence electrons. The van der Waals surface area contributed by atoms with E-state index >= 15 is 0 Å². The van der Waals surface area contributed by atoms with Crippen LogP contribution in [0.5, 0.6) is 0 Å². The summed E-state index contributed by atoms with van der Waals surface area (Å²) in [6.07, 6.45) is 4.72. The Morgan fingerprint density at radius 1 is 1.00 bits per heavy atom. The van der Waals surface area contributed by atoms with E-state index < -0.39 is 10.0 Å². The number of likely N-dealkylation sites (tertiary alicyclic amines) is 1. The van der Waals surface area contributed by atoms with E-state index in [1.807, 2.05) is 18.0 Å². The number of benzene rings is 1. The van der Waals surface area contributed by atoms with E-state index in [0.717, 1.165) is 6.54 Å². The summed E-state index contributed by atoms with van der Waals surface area (Å²) in [5.41, 5.74) is -0.312. The van der Waals surface area contributed by atoms with Gasteiger partial charge in [0.1, 0.15) is 0 Å². The van der Waals surface area contributed by atoms with Crippen LogP contribution in [0.3, 0.4) is 0 Å². The zero-order valence-electron chi connectivity index (χ0n) is 16.9. The molecule has 0 bridgehead atoms. The van der Waals surface area contributed by atoms with Gasteiger partial charge in [0, 0.05) is 51.5 Å². The SMILES string of the molecule is CN1C(=O)[C@H]2CN(c3ncccn3)C[C@H]2C12CCN(S(=O)(=O)c1ccccc1)CC2. The molecule has 3 fully saturated rings. The molecule has 2 aromatic rings. The van der Waals surface area contributed by atoms with Crippen LogP contribution in [0.4, 0.5) is 5.95 Å². The molecule has 0 unspecified atom stereocenters. The number of sulfonamides is 1. The van der Waals surface area contributed by atoms with Crippen LogP contribution < -0.4 is 4.90 Å². The number of carbonyl (C=O) groups is 1. The van der Waals surface area contributed by atoms with Crippen LogP contribution in [0.15, 0.2) is 53.7 Å². The molecule has 9 heteroatoms. The van der Waals surface area contributed by atoms with E-state index in [9.17, 15) is 13.2 Å². The molecule has 0 aliphatic carbocycles. The zero-order valence-corrected chi connectivity index (χ0v) is 17.7. The molecule has 1 aromatic heterocycles. The molecular weight excluding hydrogens is 402 g/mol. The van der Waals surface area contributed by atoms with Gasteiger partial charge in [0.2, 0.25) is 21.9 Å². The lowest BCUT2D eigenvalue weighted by molar-refractivity contribution is -0.132. The van der Waals surface area contributed by atoms with Gasteiger partial charge in [0.25, 0.3) is 0 Å². The number of aromatic nitrogens is 2. The number of fused-ring (bicyclic) bond motifs is 2. The summed E-state index contributed by atoms with van der Waals surface area (Å²) in [5.74, 6) is 0.871. The Hall–Kier alpha value is -2.52. The van der Waals surface area contributed by atoms with Crippen molar-refractivity contribution in [3.05, 3.63) is 48.8 Å². The second-order valence-corrected chi connectivity index (χ2v) is 10.3. The predicted molar refractivity (Wildman–Crippen MR) is 111 cm³/mol. The van der Waals surface area contributed by atoms with Crippen LogP contribution in [0.1, 0.15) is 12.8 Å². The number of amides is 1. The summed E-state index contributed by atoms with van der Waals surface area (Å²) in [4.78, 5) is 26.1. The van der Waals surface area contributed by atoms with Gasteiger partial charge in [-0.15, -0.1) is 0 Å². The molecule has 4 heterocycles. The standard InChI is InChI=1S/C21H25N5O3S/c1-24-19(27)17-14-25(20-22-10-5-11-23-20)15-18(17)21(24)8-12-26(13-9-21)30(28,29)16-6-3-2-4-7-16/h2-7,10-11,17-18H,8-9,12-15H2,1H3/t17-,18+/m0/s1. The van der Waals surface area contributed by atoms with Crippen LogP contribution in [0.25, 0.3) is 0 Å². The Kier molecular flexibility index (Phi) is 4.55. The van der Waals surface area contributed by atoms with E-state index in [1.165, 1.54) is 0 Å². The molecule has 1 spiro atoms. The van der Waals surface area contributed by atoms with Crippen molar-refractivity contribution in [1.29, 1.82) is 0 Å². The van der Waals surface area contributed by atoms with Crippen LogP contribution in [0.2, 0.25) is 0 Å². The highest BCUT2D eigenvalue weighted by Crippen LogP contribution is 2.49. The maximum atomic E-state index is 13.1. The molecule has 0 N–H and O–H groups in total. The van der Waals surface area contributed by atoms with Crippen molar-refractivity contribution >= 4 is 21.9 Å². The first-order valence-electron chi connectivity index (χ1n) is 10.3. The van der Waals surface area contributed by atoms with E-state index in [4.69, 9.17) is 0 Å². The lowest BCUT2D eigenvalue weighted by Gasteiger charge is -2.46. The lowest BCUT2D eigenvalue weighted by atomic mass is 9.75. The molecule has 0 radical (unpaired) electrons. The minimum Gasteiger partial charge on any atom is -0.340 e. The summed E-state index contributed by atoms with van der Waals surface area (Å²) < 4.78 is 27.6. The zero-order chi connectivity index (χ0) is 20.9. The van der Waals surface area contributed by atoms with E-state index in [0.29, 0.717) is 43.3 Å². The van der Waals surface area contributed by atoms with Gasteiger partial charge >= 0.3 is 0 Å². The molecule has 8 nitrogen and oxygen atoms in total. The Bertz CT molecular complexity index is 1040. The molecule has 1 aromatic carbocycles. The monoisotopic (exact) mass is 427 g/mol. The van der Waals surface area contributed by atoms with Gasteiger partial charge < -0.3 is 9.80 Å². The number of rotatable bonds is 3. The summed E-state index contributed by atoms with van der Waals surface area (Å²) in [6.45, 7) is 2.17. The van der Waals surface area contributed by atoms with Gasteiger partial charge in [-0.1, -0.05) is 18.2 Å². The molecule has 3 aliphatic heterocycles. The largest absolute Gasteiger partial charge is 0.340 e. The van der Waals surface area contributed by atoms with Gasteiger partial charge in [-0.25, -0.2) is 18.4 Å². The third kappa shape index (κ3) is 2.83. The number of piperidine rings is 1. The molecule has 2 atom stereocenters. The minimum absolute atomic E-state index is 0.0870. The number of nitrogens with zero attached hydrogens (tertiary/aromatic N) is 5. The highest BCUT2D eigenvalue weighted by molar-refractivity contribution is 7.89. The maximum Gasteiger partial charge on any atom is 0.243 e. The molecule has 1 amide bonds. The average molecular weight is 428 g/mol. The Labute approximate surface area is 176 Å². The first-order chi connectivity index (χ1) is 14.4. The topological polar surface area (TPSA) is 86.7 Å². The molecule has 5 rings (SSSR count). The fraction of sp³-hybridized carbons (Fsp3) is 0.476.